The highest BCUT2D eigenvalue weighted by molar-refractivity contribution is 5.77. The van der Waals surface area contributed by atoms with Crippen molar-refractivity contribution in [1.82, 2.24) is 0 Å². The summed E-state index contributed by atoms with van der Waals surface area (Å²) in [7, 11) is 0. The average molecular weight is 113 g/mol. The Balaban J connectivity index is 3.57. The van der Waals surface area contributed by atoms with E-state index in [1.165, 1.54) is 18.5 Å². The fraction of sp³-hybridized carbons (Fsp3) is 0. The maximum absolute atomic E-state index is 4.96. The summed E-state index contributed by atoms with van der Waals surface area (Å²) in [4.78, 5) is 3.49. The van der Waals surface area contributed by atoms with Gasteiger partial charge in [0.05, 0.1) is 0 Å². The first-order valence-electron chi connectivity index (χ1n) is 2.06. The van der Waals surface area contributed by atoms with Gasteiger partial charge in [-0.1, -0.05) is 0 Å². The van der Waals surface area contributed by atoms with Gasteiger partial charge in [0, 0.05) is 12.3 Å². The number of hydrogen-bond acceptors (Lipinski definition) is 1. The van der Waals surface area contributed by atoms with Gasteiger partial charge in [-0.3, -0.25) is 5.41 Å². The molecule has 0 bridgehead atoms. The molecule has 4 heteroatoms. The zero-order valence-electron chi connectivity index (χ0n) is 4.41. The Labute approximate surface area is 47.4 Å². The number of rotatable bonds is 2. The third kappa shape index (κ3) is 4.68. The summed E-state index contributed by atoms with van der Waals surface area (Å²) in [5, 5.41) is 4.95. The van der Waals surface area contributed by atoms with E-state index in [9.17, 15) is 0 Å². The van der Waals surface area contributed by atoms with E-state index in [-0.39, 0.29) is 5.96 Å². The average Bonchev–Trinajstić information content (AvgIpc) is 1.66. The summed E-state index contributed by atoms with van der Waals surface area (Å²) in [6, 6.07) is 0. The van der Waals surface area contributed by atoms with Crippen LogP contribution in [0.5, 0.6) is 0 Å². The molecule has 6 N–H and O–H groups in total. The fourth-order valence-electron chi connectivity index (χ4n) is 0.179. The third-order valence-corrected chi connectivity index (χ3v) is 0.421. The van der Waals surface area contributed by atoms with E-state index < -0.39 is 0 Å². The second-order valence-electron chi connectivity index (χ2n) is 1.09. The maximum atomic E-state index is 4.96. The lowest BCUT2D eigenvalue weighted by molar-refractivity contribution is -0.104. The lowest BCUT2D eigenvalue weighted by Crippen LogP contribution is -2.28. The van der Waals surface area contributed by atoms with E-state index in [1.54, 1.807) is 0 Å². The number of guanidine groups is 1. The first-order chi connectivity index (χ1) is 3.77. The first-order valence-corrected chi connectivity index (χ1v) is 2.06. The van der Waals surface area contributed by atoms with Crippen LogP contribution in [0, 0.1) is 0 Å². The zero-order valence-corrected chi connectivity index (χ0v) is 4.41. The largest absolute Gasteiger partial charge is 0.370 e. The summed E-state index contributed by atoms with van der Waals surface area (Å²) in [6.07, 6.45) is 4.28. The van der Waals surface area contributed by atoms with Crippen molar-refractivity contribution >= 4 is 12.2 Å². The molecular weight excluding hydrogens is 104 g/mol. The van der Waals surface area contributed by atoms with Crippen LogP contribution in [-0.4, -0.2) is 12.2 Å². The Morgan fingerprint density at radius 2 is 2.12 bits per heavy atom. The molecular formula is C4H9N4+. The predicted molar refractivity (Wildman–Crippen MR) is 32.9 cm³/mol. The van der Waals surface area contributed by atoms with Crippen molar-refractivity contribution in [2.75, 3.05) is 0 Å². The van der Waals surface area contributed by atoms with Gasteiger partial charge in [0.25, 0.3) is 0 Å². The summed E-state index contributed by atoms with van der Waals surface area (Å²) in [5.74, 6) is 0.0306. The predicted octanol–water partition coefficient (Wildman–Crippen LogP) is -2.40. The monoisotopic (exact) mass is 113 g/mol. The molecule has 0 atom stereocenters. The number of nitrogens with two attached hydrogens (primary N) is 3. The minimum Gasteiger partial charge on any atom is -0.370 e. The molecule has 0 radical (unpaired) electrons. The highest BCUT2D eigenvalue weighted by Crippen LogP contribution is 1.65. The van der Waals surface area contributed by atoms with E-state index in [0.29, 0.717) is 0 Å². The van der Waals surface area contributed by atoms with Gasteiger partial charge in [-0.2, -0.15) is 0 Å². The zero-order chi connectivity index (χ0) is 6.41. The molecule has 0 fully saturated rings. The Bertz CT molecular complexity index is 120. The standard InChI is InChI=1S/C4H8N4/c5-2-1-3-8-4(6)7/h1-3,5H,(H4,6,7,8)/p+1/b3-1-,5-2?. The van der Waals surface area contributed by atoms with Crippen LogP contribution in [0.3, 0.4) is 0 Å². The summed E-state index contributed by atoms with van der Waals surface area (Å²) >= 11 is 0. The molecule has 0 aliphatic rings. The smallest absolute Gasteiger partial charge is 0.190 e. The van der Waals surface area contributed by atoms with E-state index in [2.05, 4.69) is 4.99 Å². The number of hydrogen-bond donors (Lipinski definition) is 3. The van der Waals surface area contributed by atoms with Gasteiger partial charge in [-0.25, -0.2) is 4.99 Å². The van der Waals surface area contributed by atoms with Crippen LogP contribution in [0.2, 0.25) is 0 Å². The quantitative estimate of drug-likeness (QED) is 0.275. The molecule has 0 spiro atoms. The lowest BCUT2D eigenvalue weighted by atomic mass is 10.7. The van der Waals surface area contributed by atoms with Gasteiger partial charge in [-0.15, -0.1) is 0 Å². The molecule has 0 amide bonds. The molecule has 44 valence electrons. The molecule has 4 nitrogen and oxygen atoms in total. The molecule has 0 aromatic heterocycles. The van der Waals surface area contributed by atoms with Crippen LogP contribution in [-0.2, 0) is 0 Å². The molecule has 0 aliphatic carbocycles. The van der Waals surface area contributed by atoms with E-state index >= 15 is 0 Å². The summed E-state index contributed by atoms with van der Waals surface area (Å²) in [6.45, 7) is 0. The minimum atomic E-state index is 0.0306. The number of allylic oxidation sites excluding steroid dienone is 1. The van der Waals surface area contributed by atoms with Crippen LogP contribution in [0.25, 0.3) is 0 Å². The van der Waals surface area contributed by atoms with Crippen LogP contribution in [0.15, 0.2) is 17.3 Å². The van der Waals surface area contributed by atoms with Crippen molar-refractivity contribution in [2.45, 2.75) is 0 Å². The van der Waals surface area contributed by atoms with Crippen LogP contribution in [0.1, 0.15) is 0 Å². The van der Waals surface area contributed by atoms with Gasteiger partial charge < -0.3 is 11.5 Å². The topological polar surface area (TPSA) is 90.0 Å². The van der Waals surface area contributed by atoms with E-state index in [0.717, 1.165) is 0 Å². The fourth-order valence-corrected chi connectivity index (χ4v) is 0.179. The summed E-state index contributed by atoms with van der Waals surface area (Å²) < 4.78 is 0. The van der Waals surface area contributed by atoms with Gasteiger partial charge >= 0.3 is 0 Å². The van der Waals surface area contributed by atoms with Crippen molar-refractivity contribution in [3.8, 4) is 0 Å². The van der Waals surface area contributed by atoms with Crippen molar-refractivity contribution in [3.63, 3.8) is 0 Å². The van der Waals surface area contributed by atoms with Gasteiger partial charge in [-0.05, 0) is 0 Å². The highest BCUT2D eigenvalue weighted by Gasteiger charge is 1.68. The van der Waals surface area contributed by atoms with Crippen LogP contribution >= 0.6 is 0 Å². The Hall–Kier alpha value is -1.32. The van der Waals surface area contributed by atoms with Crippen LogP contribution in [0.4, 0.5) is 0 Å². The minimum absolute atomic E-state index is 0.0306. The molecule has 0 rings (SSSR count). The molecule has 8 heavy (non-hydrogen) atoms. The summed E-state index contributed by atoms with van der Waals surface area (Å²) in [5.41, 5.74) is 9.91. The SMILES string of the molecule is NC(N)=N/C=C\C=[NH2+]. The maximum Gasteiger partial charge on any atom is 0.190 e. The van der Waals surface area contributed by atoms with Crippen molar-refractivity contribution in [2.24, 2.45) is 16.5 Å². The van der Waals surface area contributed by atoms with Crippen molar-refractivity contribution < 1.29 is 5.41 Å². The van der Waals surface area contributed by atoms with Crippen molar-refractivity contribution in [1.29, 1.82) is 0 Å². The van der Waals surface area contributed by atoms with Crippen molar-refractivity contribution in [3.05, 3.63) is 12.3 Å². The molecule has 0 aromatic rings. The van der Waals surface area contributed by atoms with Gasteiger partial charge in [0.1, 0.15) is 0 Å². The van der Waals surface area contributed by atoms with E-state index in [4.69, 9.17) is 16.9 Å². The Kier molecular flexibility index (Phi) is 3.22. The van der Waals surface area contributed by atoms with E-state index in [1.807, 2.05) is 0 Å². The van der Waals surface area contributed by atoms with Gasteiger partial charge in [0.2, 0.25) is 0 Å². The first kappa shape index (κ1) is 6.68. The van der Waals surface area contributed by atoms with Crippen LogP contribution < -0.4 is 16.9 Å². The number of aliphatic imine (C=N–C) groups is 1. The molecule has 0 saturated carbocycles. The second-order valence-corrected chi connectivity index (χ2v) is 1.09. The Morgan fingerprint density at radius 1 is 1.50 bits per heavy atom. The molecule has 0 aliphatic heterocycles. The molecule has 0 unspecified atom stereocenters. The third-order valence-electron chi connectivity index (χ3n) is 0.421. The normalized spacial score (nSPS) is 9.00. The number of nitrogens with zero attached hydrogens (tertiary/aromatic N) is 1. The lowest BCUT2D eigenvalue weighted by Gasteiger charge is -1.79. The Morgan fingerprint density at radius 3 is 2.50 bits per heavy atom. The highest BCUT2D eigenvalue weighted by atomic mass is 15.0. The molecule has 0 saturated heterocycles. The van der Waals surface area contributed by atoms with Gasteiger partial charge in [0.15, 0.2) is 12.2 Å². The molecule has 0 heterocycles. The second kappa shape index (κ2) is 3.86. The molecule has 0 aromatic carbocycles.